The van der Waals surface area contributed by atoms with Crippen LogP contribution in [0.5, 0.6) is 17.2 Å². The summed E-state index contributed by atoms with van der Waals surface area (Å²) < 4.78 is 13.4. The first-order chi connectivity index (χ1) is 13.0. The van der Waals surface area contributed by atoms with E-state index in [-0.39, 0.29) is 17.1 Å². The molecule has 1 heterocycles. The summed E-state index contributed by atoms with van der Waals surface area (Å²) in [5, 5.41) is 14.9. The summed E-state index contributed by atoms with van der Waals surface area (Å²) in [5.41, 5.74) is 3.00. The molecule has 0 spiro atoms. The van der Waals surface area contributed by atoms with Gasteiger partial charge >= 0.3 is 0 Å². The molecule has 2 atom stereocenters. The van der Waals surface area contributed by atoms with Gasteiger partial charge in [0.05, 0.1) is 10.1 Å². The molecule has 0 aromatic heterocycles. The Morgan fingerprint density at radius 3 is 2.35 bits per heavy atom. The molecular formula is C21H17ClO3S. The number of phenols is 2. The lowest BCUT2D eigenvalue weighted by atomic mass is 10.00. The molecular weight excluding hydrogens is 368 g/mol. The van der Waals surface area contributed by atoms with Gasteiger partial charge in [0.1, 0.15) is 23.4 Å². The van der Waals surface area contributed by atoms with Crippen molar-refractivity contribution in [3.63, 3.8) is 0 Å². The molecule has 2 N–H and O–H groups in total. The van der Waals surface area contributed by atoms with Crippen molar-refractivity contribution >= 4 is 23.4 Å². The molecule has 26 heavy (non-hydrogen) atoms. The van der Waals surface area contributed by atoms with E-state index in [1.807, 2.05) is 43.3 Å². The first-order valence-corrected chi connectivity index (χ1v) is 9.46. The number of aromatic hydroxyl groups is 2. The Bertz CT molecular complexity index is 960. The van der Waals surface area contributed by atoms with Gasteiger partial charge in [-0.3, -0.25) is 0 Å². The minimum Gasteiger partial charge on any atom is -0.508 e. The number of hydrogen-bond donors (Lipinski definition) is 2. The number of thioether (sulfide) groups is 1. The predicted octanol–water partition coefficient (Wildman–Crippen LogP) is 6.03. The van der Waals surface area contributed by atoms with Crippen molar-refractivity contribution in [2.75, 3.05) is 0 Å². The van der Waals surface area contributed by atoms with Crippen molar-refractivity contribution in [2.24, 2.45) is 0 Å². The molecule has 3 aromatic rings. The summed E-state index contributed by atoms with van der Waals surface area (Å²) >= 11 is 8.01. The quantitative estimate of drug-likeness (QED) is 0.577. The van der Waals surface area contributed by atoms with Gasteiger partial charge in [0.25, 0.3) is 1.43 Å². The topological polar surface area (TPSA) is 49.7 Å². The highest BCUT2D eigenvalue weighted by Gasteiger charge is 2.33. The Kier molecular flexibility index (Phi) is 4.15. The summed E-state index contributed by atoms with van der Waals surface area (Å²) in [5.74, 6) is 1.52. The zero-order valence-electron chi connectivity index (χ0n) is 15.0. The molecule has 1 aliphatic rings. The lowest BCUT2D eigenvalue weighted by molar-refractivity contribution is 0.190. The Labute approximate surface area is 162 Å². The van der Waals surface area contributed by atoms with Crippen LogP contribution in [0.1, 0.15) is 28.0 Å². The van der Waals surface area contributed by atoms with E-state index >= 15 is 0 Å². The number of benzene rings is 3. The summed E-state index contributed by atoms with van der Waals surface area (Å²) in [4.78, 5) is 0.992. The molecule has 5 heteroatoms. The summed E-state index contributed by atoms with van der Waals surface area (Å²) in [6, 6.07) is 18.4. The highest BCUT2D eigenvalue weighted by Crippen LogP contribution is 2.54. The van der Waals surface area contributed by atoms with Gasteiger partial charge in [-0.2, -0.15) is 0 Å². The van der Waals surface area contributed by atoms with E-state index in [1.165, 1.54) is 0 Å². The Hall–Kier alpha value is -2.30. The van der Waals surface area contributed by atoms with Gasteiger partial charge in [0.2, 0.25) is 0 Å². The van der Waals surface area contributed by atoms with Crippen LogP contribution >= 0.6 is 23.4 Å². The fraction of sp³-hybridized carbons (Fsp3) is 0.143. The molecule has 0 bridgehead atoms. The zero-order valence-corrected chi connectivity index (χ0v) is 15.6. The van der Waals surface area contributed by atoms with Crippen molar-refractivity contribution < 1.29 is 15.0 Å². The summed E-state index contributed by atoms with van der Waals surface area (Å²) in [6.45, 7) is 1.96. The molecule has 132 valence electrons. The maximum Gasteiger partial charge on any atom is 0.293 e. The Balaban J connectivity index is 1.78. The predicted molar refractivity (Wildman–Crippen MR) is 104 cm³/mol. The van der Waals surface area contributed by atoms with E-state index in [1.54, 1.807) is 36.0 Å². The second kappa shape index (κ2) is 6.78. The zero-order chi connectivity index (χ0) is 19.0. The molecule has 3 aromatic carbocycles. The third kappa shape index (κ3) is 3.22. The van der Waals surface area contributed by atoms with Crippen LogP contribution < -0.4 is 4.74 Å². The largest absolute Gasteiger partial charge is 0.508 e. The number of ether oxygens (including phenoxy) is 1. The van der Waals surface area contributed by atoms with Crippen LogP contribution in [-0.2, 0) is 0 Å². The van der Waals surface area contributed by atoms with Gasteiger partial charge in [0.15, 0.2) is 0 Å². The Morgan fingerprint density at radius 2 is 1.65 bits per heavy atom. The maximum atomic E-state index is 9.63. The van der Waals surface area contributed by atoms with Crippen LogP contribution in [0, 0.1) is 6.92 Å². The van der Waals surface area contributed by atoms with Gasteiger partial charge in [-0.05, 0) is 60.0 Å². The first-order valence-electron chi connectivity index (χ1n) is 8.61. The lowest BCUT2D eigenvalue weighted by Crippen LogP contribution is -2.19. The van der Waals surface area contributed by atoms with Crippen LogP contribution in [0.15, 0.2) is 65.6 Å². The van der Waals surface area contributed by atoms with Gasteiger partial charge in [-0.15, -0.1) is 11.8 Å². The van der Waals surface area contributed by atoms with Crippen LogP contribution in [0.25, 0.3) is 0 Å². The first kappa shape index (κ1) is 15.9. The molecule has 0 fully saturated rings. The minimum atomic E-state index is -0.230. The summed E-state index contributed by atoms with van der Waals surface area (Å²) in [6.07, 6.45) is -0.230. The smallest absolute Gasteiger partial charge is 0.293 e. The number of halogens is 1. The van der Waals surface area contributed by atoms with E-state index in [4.69, 9.17) is 17.8 Å². The lowest BCUT2D eigenvalue weighted by Gasteiger charge is -2.34. The Morgan fingerprint density at radius 1 is 1.00 bits per heavy atom. The number of aryl methyl sites for hydroxylation is 1. The minimum absolute atomic E-state index is 0.0133. The molecule has 0 amide bonds. The standard InChI is InChI=1S/C21H17ClO3S/c1-12-10-18-19(11-17(12)22)26-21(14-4-8-16(24)9-5-14)20(25-18)13-2-6-15(23)7-3-13/h2-11,20-21,23-24H,1H3/t20-,21+/m1/s1/i/hT. The molecule has 3 nitrogen and oxygen atoms in total. The number of hydrogen-bond acceptors (Lipinski definition) is 4. The molecule has 4 rings (SSSR count). The van der Waals surface area contributed by atoms with E-state index in [9.17, 15) is 5.11 Å². The maximum absolute atomic E-state index is 9.63. The highest BCUT2D eigenvalue weighted by atomic mass is 35.5. The third-order valence-corrected chi connectivity index (χ3v) is 6.19. The van der Waals surface area contributed by atoms with E-state index in [0.29, 0.717) is 10.8 Å². The summed E-state index contributed by atoms with van der Waals surface area (Å²) in [7, 11) is 0. The molecule has 0 aliphatic carbocycles. The highest BCUT2D eigenvalue weighted by molar-refractivity contribution is 7.99. The fourth-order valence-corrected chi connectivity index (χ4v) is 4.57. The molecule has 0 radical (unpaired) electrons. The van der Waals surface area contributed by atoms with Crippen molar-refractivity contribution in [1.82, 2.24) is 0 Å². The molecule has 0 unspecified atom stereocenters. The van der Waals surface area contributed by atoms with Crippen LogP contribution in [0.3, 0.4) is 0 Å². The van der Waals surface area contributed by atoms with E-state index in [2.05, 4.69) is 5.11 Å². The monoisotopic (exact) mass is 386 g/mol. The van der Waals surface area contributed by atoms with E-state index in [0.717, 1.165) is 27.3 Å². The van der Waals surface area contributed by atoms with Crippen LogP contribution in [-0.4, -0.2) is 11.6 Å². The molecule has 0 saturated carbocycles. The van der Waals surface area contributed by atoms with Crippen LogP contribution in [0.2, 0.25) is 5.02 Å². The van der Waals surface area contributed by atoms with Crippen molar-refractivity contribution in [3.05, 3.63) is 82.4 Å². The second-order valence-corrected chi connectivity index (χ2v) is 7.88. The number of rotatable bonds is 3. The van der Waals surface area contributed by atoms with Crippen LogP contribution in [0.4, 0.5) is 0 Å². The number of phenolic OH excluding ortho intramolecular Hbond substituents is 2. The SMILES string of the molecule is [3H]Oc1ccc([C@@H]2Sc3cc(Cl)c(C)cc3O[C@@H]2c2ccc(O)cc2)cc1. The van der Waals surface area contributed by atoms with E-state index < -0.39 is 0 Å². The molecule has 1 aliphatic heterocycles. The normalized spacial score (nSPS) is 19.2. The van der Waals surface area contributed by atoms with Crippen molar-refractivity contribution in [2.45, 2.75) is 23.2 Å². The third-order valence-electron chi connectivity index (χ3n) is 4.44. The fourth-order valence-electron chi connectivity index (χ4n) is 3.03. The molecule has 0 saturated heterocycles. The van der Waals surface area contributed by atoms with Crippen molar-refractivity contribution in [1.29, 1.82) is 1.43 Å². The van der Waals surface area contributed by atoms with Gasteiger partial charge < -0.3 is 15.0 Å². The van der Waals surface area contributed by atoms with Gasteiger partial charge in [-0.1, -0.05) is 35.9 Å². The van der Waals surface area contributed by atoms with Crippen molar-refractivity contribution in [3.8, 4) is 17.2 Å². The average molecular weight is 387 g/mol. The van der Waals surface area contributed by atoms with Gasteiger partial charge in [-0.25, -0.2) is 0 Å². The number of fused-ring (bicyclic) bond motifs is 1. The second-order valence-electron chi connectivity index (χ2n) is 6.29. The average Bonchev–Trinajstić information content (AvgIpc) is 2.69. The van der Waals surface area contributed by atoms with Gasteiger partial charge in [0, 0.05) is 5.02 Å².